The second-order valence-corrected chi connectivity index (χ2v) is 11.0. The number of halogens is 6. The van der Waals surface area contributed by atoms with Crippen molar-refractivity contribution in [3.05, 3.63) is 80.6 Å². The highest BCUT2D eigenvalue weighted by Gasteiger charge is 2.81. The lowest BCUT2D eigenvalue weighted by atomic mass is 9.87. The average molecular weight is 500 g/mol. The molecule has 0 radical (unpaired) electrons. The zero-order valence-corrected chi connectivity index (χ0v) is 18.7. The zero-order valence-electron chi connectivity index (χ0n) is 17.0. The first-order chi connectivity index (χ1) is 15.4. The van der Waals surface area contributed by atoms with E-state index < -0.39 is 61.7 Å². The Balaban J connectivity index is 1.95. The molecule has 172 valence electrons. The van der Waals surface area contributed by atoms with Gasteiger partial charge < -0.3 is 0 Å². The van der Waals surface area contributed by atoms with Crippen LogP contribution < -0.4 is 0 Å². The van der Waals surface area contributed by atoms with Crippen LogP contribution in [0.25, 0.3) is 11.1 Å². The molecular formula is C23H14F6O2S2. The Morgan fingerprint density at radius 2 is 0.939 bits per heavy atom. The summed E-state index contributed by atoms with van der Waals surface area (Å²) >= 11 is 0. The Kier molecular flexibility index (Phi) is 4.59. The van der Waals surface area contributed by atoms with E-state index in [2.05, 4.69) is 0 Å². The van der Waals surface area contributed by atoms with Crippen LogP contribution in [0.4, 0.5) is 26.3 Å². The minimum Gasteiger partial charge on any atom is -0.249 e. The minimum absolute atomic E-state index is 0.0698. The highest BCUT2D eigenvalue weighted by molar-refractivity contribution is 7.90. The quantitative estimate of drug-likeness (QED) is 0.453. The van der Waals surface area contributed by atoms with Gasteiger partial charge >= 0.3 is 17.8 Å². The van der Waals surface area contributed by atoms with Gasteiger partial charge in [-0.3, -0.25) is 0 Å². The number of hydrogen-bond donors (Lipinski definition) is 0. The monoisotopic (exact) mass is 500 g/mol. The molecule has 10 heteroatoms. The van der Waals surface area contributed by atoms with Crippen molar-refractivity contribution in [2.45, 2.75) is 41.4 Å². The van der Waals surface area contributed by atoms with E-state index in [4.69, 9.17) is 0 Å². The van der Waals surface area contributed by atoms with Gasteiger partial charge in [0.1, 0.15) is 0 Å². The molecule has 33 heavy (non-hydrogen) atoms. The van der Waals surface area contributed by atoms with Crippen molar-refractivity contribution in [3.8, 4) is 0 Å². The first-order valence-corrected chi connectivity index (χ1v) is 12.0. The van der Waals surface area contributed by atoms with E-state index in [1.807, 2.05) is 0 Å². The third kappa shape index (κ3) is 2.56. The molecule has 0 saturated heterocycles. The SMILES string of the molecule is CC1=C(C2=C(C3=C(C)S(=O)c4ccccc43)C(F)(F)C(F)(F)C2(F)F)c2ccccc2S1=O. The van der Waals surface area contributed by atoms with E-state index in [1.165, 1.54) is 62.4 Å². The van der Waals surface area contributed by atoms with Crippen LogP contribution in [-0.2, 0) is 21.6 Å². The fourth-order valence-electron chi connectivity index (χ4n) is 4.57. The van der Waals surface area contributed by atoms with Gasteiger partial charge in [0.15, 0.2) is 0 Å². The fourth-order valence-corrected chi connectivity index (χ4v) is 7.17. The van der Waals surface area contributed by atoms with Crippen LogP contribution in [0.15, 0.2) is 79.3 Å². The molecule has 0 amide bonds. The Hall–Kier alpha value is -2.46. The predicted octanol–water partition coefficient (Wildman–Crippen LogP) is 6.31. The number of alkyl halides is 6. The molecule has 0 aromatic heterocycles. The van der Waals surface area contributed by atoms with Gasteiger partial charge in [0.05, 0.1) is 31.4 Å². The van der Waals surface area contributed by atoms with Crippen molar-refractivity contribution in [2.24, 2.45) is 0 Å². The highest BCUT2D eigenvalue weighted by atomic mass is 32.2. The van der Waals surface area contributed by atoms with Crippen molar-refractivity contribution in [2.75, 3.05) is 0 Å². The maximum atomic E-state index is 15.3. The summed E-state index contributed by atoms with van der Waals surface area (Å²) < 4.78 is 116. The van der Waals surface area contributed by atoms with Gasteiger partial charge in [-0.05, 0) is 37.1 Å². The molecule has 2 atom stereocenters. The number of hydrogen-bond acceptors (Lipinski definition) is 2. The second-order valence-electron chi connectivity index (χ2n) is 7.87. The number of rotatable bonds is 2. The maximum absolute atomic E-state index is 15.3. The molecule has 0 fully saturated rings. The van der Waals surface area contributed by atoms with Crippen LogP contribution in [-0.4, -0.2) is 26.2 Å². The van der Waals surface area contributed by atoms with E-state index in [-0.39, 0.29) is 30.7 Å². The van der Waals surface area contributed by atoms with Gasteiger partial charge in [-0.2, -0.15) is 26.3 Å². The van der Waals surface area contributed by atoms with Crippen LogP contribution >= 0.6 is 0 Å². The summed E-state index contributed by atoms with van der Waals surface area (Å²) in [5, 5.41) is 0. The third-order valence-corrected chi connectivity index (χ3v) is 9.17. The van der Waals surface area contributed by atoms with Gasteiger partial charge in [0.2, 0.25) is 0 Å². The summed E-state index contributed by atoms with van der Waals surface area (Å²) in [4.78, 5) is -0.287. The summed E-state index contributed by atoms with van der Waals surface area (Å²) in [6.45, 7) is 2.39. The molecule has 1 aliphatic carbocycles. The zero-order chi connectivity index (χ0) is 24.1. The van der Waals surface area contributed by atoms with E-state index in [9.17, 15) is 17.2 Å². The lowest BCUT2D eigenvalue weighted by Crippen LogP contribution is -2.49. The van der Waals surface area contributed by atoms with Gasteiger partial charge in [-0.1, -0.05) is 36.4 Å². The smallest absolute Gasteiger partial charge is 0.249 e. The highest BCUT2D eigenvalue weighted by Crippen LogP contribution is 2.66. The topological polar surface area (TPSA) is 34.1 Å². The molecule has 2 heterocycles. The fraction of sp³-hybridized carbons (Fsp3) is 0.217. The van der Waals surface area contributed by atoms with Crippen molar-refractivity contribution < 1.29 is 34.8 Å². The molecule has 2 nitrogen and oxygen atoms in total. The van der Waals surface area contributed by atoms with Gasteiger partial charge in [0.25, 0.3) is 0 Å². The number of fused-ring (bicyclic) bond motifs is 2. The molecule has 2 aliphatic heterocycles. The van der Waals surface area contributed by atoms with Gasteiger partial charge in [0, 0.05) is 32.1 Å². The molecule has 0 saturated carbocycles. The number of allylic oxidation sites excluding steroid dienone is 6. The Morgan fingerprint density at radius 1 is 0.606 bits per heavy atom. The van der Waals surface area contributed by atoms with Crippen molar-refractivity contribution >= 4 is 32.7 Å². The molecule has 3 aliphatic rings. The lowest BCUT2D eigenvalue weighted by Gasteiger charge is -2.26. The summed E-state index contributed by atoms with van der Waals surface area (Å²) in [5.41, 5.74) is -4.46. The standard InChI is InChI=1S/C23H14F6O2S2/c1-11-17(13-7-3-5-9-15(13)32(11)30)19-20(22(26,27)23(28,29)21(19,24)25)18-12(2)33(31)16-10-6-4-8-14(16)18/h3-10H,1-2H3. The van der Waals surface area contributed by atoms with E-state index in [0.717, 1.165) is 0 Å². The Bertz CT molecular complexity index is 1300. The molecule has 2 aromatic rings. The minimum atomic E-state index is -5.76. The van der Waals surface area contributed by atoms with Crippen molar-refractivity contribution in [3.63, 3.8) is 0 Å². The molecular weight excluding hydrogens is 486 g/mol. The van der Waals surface area contributed by atoms with Gasteiger partial charge in [-0.25, -0.2) is 8.42 Å². The molecule has 0 spiro atoms. The van der Waals surface area contributed by atoms with E-state index in [1.54, 1.807) is 0 Å². The summed E-state index contributed by atoms with van der Waals surface area (Å²) in [6, 6.07) is 11.1. The second kappa shape index (κ2) is 6.79. The van der Waals surface area contributed by atoms with Crippen LogP contribution in [0.3, 0.4) is 0 Å². The third-order valence-electron chi connectivity index (χ3n) is 6.14. The van der Waals surface area contributed by atoms with Gasteiger partial charge in [-0.15, -0.1) is 0 Å². The Morgan fingerprint density at radius 3 is 1.30 bits per heavy atom. The summed E-state index contributed by atoms with van der Waals surface area (Å²) in [6.07, 6.45) is 0. The van der Waals surface area contributed by atoms with Crippen LogP contribution in [0.5, 0.6) is 0 Å². The summed E-state index contributed by atoms with van der Waals surface area (Å²) in [5.74, 6) is -16.3. The normalized spacial score (nSPS) is 26.8. The van der Waals surface area contributed by atoms with E-state index in [0.29, 0.717) is 0 Å². The predicted molar refractivity (Wildman–Crippen MR) is 113 cm³/mol. The van der Waals surface area contributed by atoms with Crippen LogP contribution in [0.1, 0.15) is 25.0 Å². The molecule has 0 bridgehead atoms. The number of benzene rings is 2. The first kappa shape index (κ1) is 22.3. The molecule has 2 aromatic carbocycles. The average Bonchev–Trinajstić information content (AvgIpc) is 3.20. The Labute approximate surface area is 189 Å². The molecule has 2 unspecified atom stereocenters. The van der Waals surface area contributed by atoms with Crippen molar-refractivity contribution in [1.82, 2.24) is 0 Å². The summed E-state index contributed by atoms with van der Waals surface area (Å²) in [7, 11) is -3.96. The maximum Gasteiger partial charge on any atom is 0.380 e. The largest absolute Gasteiger partial charge is 0.380 e. The first-order valence-electron chi connectivity index (χ1n) is 9.69. The molecule has 0 N–H and O–H groups in total. The van der Waals surface area contributed by atoms with Crippen LogP contribution in [0, 0.1) is 0 Å². The van der Waals surface area contributed by atoms with Crippen LogP contribution in [0.2, 0.25) is 0 Å². The van der Waals surface area contributed by atoms with Crippen molar-refractivity contribution in [1.29, 1.82) is 0 Å². The lowest BCUT2D eigenvalue weighted by molar-refractivity contribution is -0.263. The van der Waals surface area contributed by atoms with E-state index >= 15 is 17.6 Å². The molecule has 5 rings (SSSR count).